The van der Waals surface area contributed by atoms with Crippen LogP contribution >= 0.6 is 11.8 Å². The van der Waals surface area contributed by atoms with E-state index < -0.39 is 0 Å². The summed E-state index contributed by atoms with van der Waals surface area (Å²) >= 11 is 1.79. The Balaban J connectivity index is -0.000000709. The Hall–Kier alpha value is -0.0200. The summed E-state index contributed by atoms with van der Waals surface area (Å²) in [5, 5.41) is 3.55. The van der Waals surface area contributed by atoms with E-state index in [2.05, 4.69) is 33.0 Å². The zero-order valence-corrected chi connectivity index (χ0v) is 13.5. The van der Waals surface area contributed by atoms with E-state index in [0.29, 0.717) is 17.7 Å². The SMILES string of the molecule is CC.CC(=O)[C@@H](CC(C)C)SCCNC(C)C.[HH]. The Morgan fingerprint density at radius 3 is 2.12 bits per heavy atom. The monoisotopic (exact) mass is 263 g/mol. The molecular formula is C14H33NOS. The molecule has 0 aromatic rings. The lowest BCUT2D eigenvalue weighted by Crippen LogP contribution is -2.26. The average Bonchev–Trinajstić information content (AvgIpc) is 2.24. The molecule has 0 spiro atoms. The van der Waals surface area contributed by atoms with Crippen LogP contribution in [-0.4, -0.2) is 29.4 Å². The lowest BCUT2D eigenvalue weighted by molar-refractivity contribution is -0.116. The normalized spacial score (nSPS) is 12.3. The molecule has 1 atom stereocenters. The molecule has 106 valence electrons. The van der Waals surface area contributed by atoms with Crippen molar-refractivity contribution < 1.29 is 6.22 Å². The van der Waals surface area contributed by atoms with E-state index in [9.17, 15) is 4.79 Å². The fourth-order valence-electron chi connectivity index (χ4n) is 1.33. The maximum atomic E-state index is 11.4. The quantitative estimate of drug-likeness (QED) is 0.671. The minimum atomic E-state index is 0. The third-order valence-electron chi connectivity index (χ3n) is 2.11. The lowest BCUT2D eigenvalue weighted by Gasteiger charge is -2.16. The first kappa shape index (κ1) is 19.3. The number of carbonyl (C=O) groups is 1. The molecule has 0 radical (unpaired) electrons. The number of nitrogens with one attached hydrogen (secondary N) is 1. The molecule has 17 heavy (non-hydrogen) atoms. The molecule has 0 saturated heterocycles. The first-order valence-electron chi connectivity index (χ1n) is 6.79. The van der Waals surface area contributed by atoms with Crippen LogP contribution in [0.25, 0.3) is 0 Å². The third kappa shape index (κ3) is 13.9. The first-order valence-corrected chi connectivity index (χ1v) is 7.83. The van der Waals surface area contributed by atoms with Crippen LogP contribution in [0.15, 0.2) is 0 Å². The Kier molecular flexibility index (Phi) is 14.1. The molecular weight excluding hydrogens is 230 g/mol. The number of Topliss-reactive ketones (excluding diaryl/α,β-unsaturated/α-hetero) is 1. The predicted octanol–water partition coefficient (Wildman–Crippen LogP) is 3.99. The van der Waals surface area contributed by atoms with Crippen molar-refractivity contribution >= 4 is 17.5 Å². The minimum absolute atomic E-state index is 0. The van der Waals surface area contributed by atoms with E-state index >= 15 is 0 Å². The molecule has 1 N–H and O–H groups in total. The summed E-state index contributed by atoms with van der Waals surface area (Å²) in [6.07, 6.45) is 1.00. The molecule has 0 unspecified atom stereocenters. The summed E-state index contributed by atoms with van der Waals surface area (Å²) in [5.41, 5.74) is 0. The molecule has 0 fully saturated rings. The zero-order valence-electron chi connectivity index (χ0n) is 12.7. The van der Waals surface area contributed by atoms with Gasteiger partial charge in [-0.25, -0.2) is 0 Å². The van der Waals surface area contributed by atoms with Gasteiger partial charge in [0.2, 0.25) is 0 Å². The van der Waals surface area contributed by atoms with E-state index in [1.807, 2.05) is 13.8 Å². The summed E-state index contributed by atoms with van der Waals surface area (Å²) in [5.74, 6) is 1.94. The van der Waals surface area contributed by atoms with Crippen LogP contribution in [0.2, 0.25) is 0 Å². The van der Waals surface area contributed by atoms with Gasteiger partial charge in [0, 0.05) is 19.8 Å². The number of thioether (sulfide) groups is 1. The maximum absolute atomic E-state index is 11.4. The second kappa shape index (κ2) is 12.4. The van der Waals surface area contributed by atoms with Crippen LogP contribution < -0.4 is 5.32 Å². The second-order valence-electron chi connectivity index (χ2n) is 4.71. The smallest absolute Gasteiger partial charge is 0.142 e. The van der Waals surface area contributed by atoms with Crippen LogP contribution in [-0.2, 0) is 4.79 Å². The second-order valence-corrected chi connectivity index (χ2v) is 6.02. The van der Waals surface area contributed by atoms with Gasteiger partial charge < -0.3 is 5.32 Å². The fourth-order valence-corrected chi connectivity index (χ4v) is 2.60. The Bertz CT molecular complexity index is 187. The number of rotatable bonds is 8. The van der Waals surface area contributed by atoms with Crippen molar-refractivity contribution in [1.29, 1.82) is 0 Å². The van der Waals surface area contributed by atoms with Crippen LogP contribution in [0.4, 0.5) is 0 Å². The minimum Gasteiger partial charge on any atom is -0.314 e. The molecule has 3 heteroatoms. The maximum Gasteiger partial charge on any atom is 0.142 e. The molecule has 0 rings (SSSR count). The largest absolute Gasteiger partial charge is 0.314 e. The van der Waals surface area contributed by atoms with E-state index in [1.165, 1.54) is 0 Å². The van der Waals surface area contributed by atoms with E-state index in [-0.39, 0.29) is 6.68 Å². The van der Waals surface area contributed by atoms with Crippen LogP contribution in [0.5, 0.6) is 0 Å². The fraction of sp³-hybridized carbons (Fsp3) is 0.929. The molecule has 0 aromatic heterocycles. The van der Waals surface area contributed by atoms with Crippen LogP contribution in [0.3, 0.4) is 0 Å². The van der Waals surface area contributed by atoms with Gasteiger partial charge in [0.1, 0.15) is 5.78 Å². The Morgan fingerprint density at radius 2 is 1.76 bits per heavy atom. The molecule has 0 amide bonds. The van der Waals surface area contributed by atoms with E-state index in [4.69, 9.17) is 0 Å². The van der Waals surface area contributed by atoms with Gasteiger partial charge in [0.25, 0.3) is 0 Å². The van der Waals surface area contributed by atoms with Gasteiger partial charge in [-0.3, -0.25) is 4.79 Å². The molecule has 0 aliphatic heterocycles. The number of hydrogen-bond donors (Lipinski definition) is 1. The highest BCUT2D eigenvalue weighted by Gasteiger charge is 2.15. The molecule has 0 aromatic carbocycles. The standard InChI is InChI=1S/C12H25NOS.C2H6.H2/c1-9(2)8-12(11(5)14)15-7-6-13-10(3)4;1-2;/h9-10,12-13H,6-8H2,1-5H3;1-2H3;1H/t12-;;/m1../s1. The number of ketones is 1. The van der Waals surface area contributed by atoms with Gasteiger partial charge >= 0.3 is 0 Å². The van der Waals surface area contributed by atoms with Gasteiger partial charge in [-0.05, 0) is 19.3 Å². The van der Waals surface area contributed by atoms with Crippen molar-refractivity contribution in [3.63, 3.8) is 0 Å². The first-order chi connectivity index (χ1) is 7.93. The summed E-state index contributed by atoms with van der Waals surface area (Å²) < 4.78 is 0. The molecule has 0 bridgehead atoms. The molecule has 0 aliphatic carbocycles. The van der Waals surface area contributed by atoms with E-state index in [0.717, 1.165) is 18.7 Å². The highest BCUT2D eigenvalue weighted by molar-refractivity contribution is 8.00. The zero-order chi connectivity index (χ0) is 13.8. The number of hydrogen-bond acceptors (Lipinski definition) is 3. The van der Waals surface area contributed by atoms with E-state index in [1.54, 1.807) is 18.7 Å². The van der Waals surface area contributed by atoms with Crippen molar-refractivity contribution in [2.75, 3.05) is 12.3 Å². The molecule has 0 saturated carbocycles. The summed E-state index contributed by atoms with van der Waals surface area (Å²) in [6, 6.07) is 0.534. The van der Waals surface area contributed by atoms with Gasteiger partial charge in [-0.1, -0.05) is 41.5 Å². The summed E-state index contributed by atoms with van der Waals surface area (Å²) in [6.45, 7) is 15.3. The molecule has 0 heterocycles. The highest BCUT2D eigenvalue weighted by atomic mass is 32.2. The van der Waals surface area contributed by atoms with Gasteiger partial charge in [-0.15, -0.1) is 11.8 Å². The van der Waals surface area contributed by atoms with Crippen molar-refractivity contribution in [2.24, 2.45) is 5.92 Å². The molecule has 2 nitrogen and oxygen atoms in total. The van der Waals surface area contributed by atoms with Crippen molar-refractivity contribution in [3.05, 3.63) is 0 Å². The summed E-state index contributed by atoms with van der Waals surface area (Å²) in [4.78, 5) is 11.4. The lowest BCUT2D eigenvalue weighted by atomic mass is 10.1. The molecule has 0 aliphatic rings. The topological polar surface area (TPSA) is 29.1 Å². The third-order valence-corrected chi connectivity index (χ3v) is 3.48. The Morgan fingerprint density at radius 1 is 1.24 bits per heavy atom. The number of carbonyl (C=O) groups excluding carboxylic acids is 1. The van der Waals surface area contributed by atoms with Crippen molar-refractivity contribution in [1.82, 2.24) is 5.32 Å². The van der Waals surface area contributed by atoms with Crippen molar-refractivity contribution in [3.8, 4) is 0 Å². The van der Waals surface area contributed by atoms with Gasteiger partial charge in [-0.2, -0.15) is 0 Å². The Labute approximate surface area is 114 Å². The van der Waals surface area contributed by atoms with Gasteiger partial charge in [0.05, 0.1) is 5.25 Å². The van der Waals surface area contributed by atoms with Crippen molar-refractivity contribution in [2.45, 2.75) is 66.2 Å². The summed E-state index contributed by atoms with van der Waals surface area (Å²) in [7, 11) is 0. The van der Waals surface area contributed by atoms with Gasteiger partial charge in [0.15, 0.2) is 0 Å². The van der Waals surface area contributed by atoms with Crippen LogP contribution in [0.1, 0.15) is 56.3 Å². The predicted molar refractivity (Wildman–Crippen MR) is 83.0 cm³/mol. The average molecular weight is 263 g/mol. The highest BCUT2D eigenvalue weighted by Crippen LogP contribution is 2.19. The van der Waals surface area contributed by atoms with Crippen LogP contribution in [0, 0.1) is 5.92 Å².